The Morgan fingerprint density at radius 2 is 2.08 bits per heavy atom. The predicted molar refractivity (Wildman–Crippen MR) is 92.9 cm³/mol. The van der Waals surface area contributed by atoms with Gasteiger partial charge in [-0.25, -0.2) is 0 Å². The average molecular weight is 341 g/mol. The van der Waals surface area contributed by atoms with Crippen LogP contribution in [0.1, 0.15) is 37.8 Å². The molecular weight excluding hydrogens is 318 g/mol. The van der Waals surface area contributed by atoms with Gasteiger partial charge in [-0.05, 0) is 25.3 Å². The van der Waals surface area contributed by atoms with Crippen molar-refractivity contribution >= 4 is 11.8 Å². The van der Waals surface area contributed by atoms with E-state index in [1.54, 1.807) is 14.0 Å². The first kappa shape index (κ1) is 16.0. The van der Waals surface area contributed by atoms with Gasteiger partial charge in [0.25, 0.3) is 5.91 Å². The van der Waals surface area contributed by atoms with E-state index in [1.165, 1.54) is 0 Å². The number of benzene rings is 1. The molecule has 0 aromatic heterocycles. The predicted octanol–water partition coefficient (Wildman–Crippen LogP) is 1.49. The van der Waals surface area contributed by atoms with Gasteiger partial charge in [0, 0.05) is 24.2 Å². The highest BCUT2D eigenvalue weighted by atomic mass is 16.5. The molecule has 3 unspecified atom stereocenters. The first-order valence-electron chi connectivity index (χ1n) is 8.81. The van der Waals surface area contributed by atoms with Gasteiger partial charge in [0.1, 0.15) is 5.75 Å². The topological polar surface area (TPSA) is 70.7 Å². The molecule has 2 amide bonds. The highest BCUT2D eigenvalue weighted by molar-refractivity contribution is 5.99. The van der Waals surface area contributed by atoms with Gasteiger partial charge in [0.05, 0.1) is 31.3 Å². The van der Waals surface area contributed by atoms with E-state index < -0.39 is 6.04 Å². The average Bonchev–Trinajstić information content (AvgIpc) is 3.17. The molecule has 6 nitrogen and oxygen atoms in total. The summed E-state index contributed by atoms with van der Waals surface area (Å²) in [7, 11) is 1.62. The first-order valence-corrected chi connectivity index (χ1v) is 8.81. The molecule has 0 radical (unpaired) electrons. The monoisotopic (exact) mass is 341 g/mol. The first-order chi connectivity index (χ1) is 12.1. The van der Waals surface area contributed by atoms with E-state index in [2.05, 4.69) is 10.6 Å². The fourth-order valence-electron chi connectivity index (χ4n) is 4.52. The normalized spacial score (nSPS) is 28.0. The van der Waals surface area contributed by atoms with Gasteiger partial charge in [0.2, 0.25) is 5.91 Å². The minimum absolute atomic E-state index is 0.0111. The minimum atomic E-state index is -0.424. The third-order valence-corrected chi connectivity index (χ3v) is 5.54. The number of hydrogen-bond donors (Lipinski definition) is 2. The zero-order valence-corrected chi connectivity index (χ0v) is 14.5. The molecule has 6 heteroatoms. The standard InChI is InChI=1S/C19H23N3O3/c1-11(23)22-15-8-5-7-13(15)21-14-10-20-19(24)17(14)18(22)12-6-3-4-9-16(12)25-2/h3-4,6,9,13,15,18,21H,5,7-8,10H2,1-2H3,(H,20,24). The number of ether oxygens (including phenoxy) is 1. The zero-order chi connectivity index (χ0) is 17.6. The number of hydrogen-bond acceptors (Lipinski definition) is 4. The van der Waals surface area contributed by atoms with Crippen molar-refractivity contribution in [2.45, 2.75) is 44.3 Å². The molecule has 0 bridgehead atoms. The smallest absolute Gasteiger partial charge is 0.251 e. The van der Waals surface area contributed by atoms with Crippen LogP contribution in [0.5, 0.6) is 5.75 Å². The second-order valence-corrected chi connectivity index (χ2v) is 6.89. The summed E-state index contributed by atoms with van der Waals surface area (Å²) in [5.41, 5.74) is 2.43. The lowest BCUT2D eigenvalue weighted by Gasteiger charge is -2.37. The highest BCUT2D eigenvalue weighted by Gasteiger charge is 2.46. The Morgan fingerprint density at radius 1 is 1.28 bits per heavy atom. The third kappa shape index (κ3) is 2.47. The molecule has 0 saturated heterocycles. The molecule has 1 fully saturated rings. The molecule has 4 rings (SSSR count). The van der Waals surface area contributed by atoms with Crippen molar-refractivity contribution in [2.75, 3.05) is 13.7 Å². The molecule has 1 aromatic carbocycles. The fourth-order valence-corrected chi connectivity index (χ4v) is 4.52. The number of fused-ring (bicyclic) bond motifs is 1. The molecule has 1 aliphatic carbocycles. The van der Waals surface area contributed by atoms with Crippen LogP contribution in [-0.2, 0) is 9.59 Å². The molecule has 1 aromatic rings. The molecule has 3 atom stereocenters. The molecular formula is C19H23N3O3. The number of carbonyl (C=O) groups is 2. The van der Waals surface area contributed by atoms with Crippen LogP contribution >= 0.6 is 0 Å². The number of nitrogens with one attached hydrogen (secondary N) is 2. The summed E-state index contributed by atoms with van der Waals surface area (Å²) in [5.74, 6) is 0.578. The number of amides is 2. The molecule has 132 valence electrons. The number of methoxy groups -OCH3 is 1. The van der Waals surface area contributed by atoms with E-state index in [4.69, 9.17) is 4.74 Å². The van der Waals surface area contributed by atoms with Crippen molar-refractivity contribution in [2.24, 2.45) is 0 Å². The van der Waals surface area contributed by atoms with Gasteiger partial charge in [0.15, 0.2) is 0 Å². The van der Waals surface area contributed by atoms with Crippen LogP contribution in [0.25, 0.3) is 0 Å². The van der Waals surface area contributed by atoms with Crippen LogP contribution in [0.15, 0.2) is 35.5 Å². The number of nitrogens with zero attached hydrogens (tertiary/aromatic N) is 1. The number of rotatable bonds is 2. The molecule has 25 heavy (non-hydrogen) atoms. The molecule has 1 saturated carbocycles. The van der Waals surface area contributed by atoms with Crippen LogP contribution in [0.2, 0.25) is 0 Å². The van der Waals surface area contributed by atoms with Gasteiger partial charge in [-0.15, -0.1) is 0 Å². The lowest BCUT2D eigenvalue weighted by molar-refractivity contribution is -0.133. The Kier molecular flexibility index (Phi) is 3.90. The lowest BCUT2D eigenvalue weighted by atomic mass is 9.94. The largest absolute Gasteiger partial charge is 0.496 e. The van der Waals surface area contributed by atoms with Crippen LogP contribution in [-0.4, -0.2) is 42.5 Å². The van der Waals surface area contributed by atoms with Crippen LogP contribution in [0, 0.1) is 0 Å². The fraction of sp³-hybridized carbons (Fsp3) is 0.474. The summed E-state index contributed by atoms with van der Waals surface area (Å²) >= 11 is 0. The number of carbonyl (C=O) groups excluding carboxylic acids is 2. The van der Waals surface area contributed by atoms with Crippen molar-refractivity contribution in [1.82, 2.24) is 15.5 Å². The Bertz CT molecular complexity index is 758. The summed E-state index contributed by atoms with van der Waals surface area (Å²) in [5, 5.41) is 6.47. The van der Waals surface area contributed by atoms with E-state index in [0.717, 1.165) is 30.5 Å². The Hall–Kier alpha value is -2.50. The number of para-hydroxylation sites is 1. The second kappa shape index (κ2) is 6.10. The summed E-state index contributed by atoms with van der Waals surface area (Å²) < 4.78 is 5.55. The van der Waals surface area contributed by atoms with E-state index in [1.807, 2.05) is 29.2 Å². The summed E-state index contributed by atoms with van der Waals surface area (Å²) in [6.45, 7) is 2.09. The van der Waals surface area contributed by atoms with Gasteiger partial charge in [-0.2, -0.15) is 0 Å². The molecule has 0 spiro atoms. The van der Waals surface area contributed by atoms with Gasteiger partial charge < -0.3 is 20.3 Å². The summed E-state index contributed by atoms with van der Waals surface area (Å²) in [6.07, 6.45) is 3.04. The van der Waals surface area contributed by atoms with E-state index in [0.29, 0.717) is 17.9 Å². The Balaban J connectivity index is 1.93. The third-order valence-electron chi connectivity index (χ3n) is 5.54. The lowest BCUT2D eigenvalue weighted by Crippen LogP contribution is -2.49. The summed E-state index contributed by atoms with van der Waals surface area (Å²) in [4.78, 5) is 27.2. The molecule has 3 aliphatic rings. The van der Waals surface area contributed by atoms with Gasteiger partial charge in [-0.1, -0.05) is 18.2 Å². The van der Waals surface area contributed by atoms with Crippen molar-refractivity contribution in [3.63, 3.8) is 0 Å². The van der Waals surface area contributed by atoms with Crippen molar-refractivity contribution in [3.05, 3.63) is 41.1 Å². The zero-order valence-electron chi connectivity index (χ0n) is 14.5. The molecule has 2 aliphatic heterocycles. The quantitative estimate of drug-likeness (QED) is 0.855. The summed E-state index contributed by atoms with van der Waals surface area (Å²) in [6, 6.07) is 7.51. The molecule has 2 N–H and O–H groups in total. The van der Waals surface area contributed by atoms with Gasteiger partial charge in [-0.3, -0.25) is 9.59 Å². The maximum absolute atomic E-state index is 12.7. The van der Waals surface area contributed by atoms with E-state index in [9.17, 15) is 9.59 Å². The Morgan fingerprint density at radius 3 is 2.84 bits per heavy atom. The van der Waals surface area contributed by atoms with Crippen molar-refractivity contribution in [1.29, 1.82) is 0 Å². The van der Waals surface area contributed by atoms with Gasteiger partial charge >= 0.3 is 0 Å². The maximum Gasteiger partial charge on any atom is 0.251 e. The SMILES string of the molecule is COc1ccccc1C1C2=C(CNC2=O)NC2CCCC2N1C(C)=O. The second-order valence-electron chi connectivity index (χ2n) is 6.89. The van der Waals surface area contributed by atoms with E-state index >= 15 is 0 Å². The van der Waals surface area contributed by atoms with Crippen LogP contribution < -0.4 is 15.4 Å². The van der Waals surface area contributed by atoms with Crippen molar-refractivity contribution in [3.8, 4) is 5.75 Å². The Labute approximate surface area is 147 Å². The van der Waals surface area contributed by atoms with Crippen molar-refractivity contribution < 1.29 is 14.3 Å². The highest BCUT2D eigenvalue weighted by Crippen LogP contribution is 2.43. The van der Waals surface area contributed by atoms with Crippen LogP contribution in [0.4, 0.5) is 0 Å². The maximum atomic E-state index is 12.7. The van der Waals surface area contributed by atoms with Crippen LogP contribution in [0.3, 0.4) is 0 Å². The van der Waals surface area contributed by atoms with E-state index in [-0.39, 0.29) is 23.9 Å². The molecule has 2 heterocycles. The minimum Gasteiger partial charge on any atom is -0.496 e.